The van der Waals surface area contributed by atoms with Crippen LogP contribution in [0, 0.1) is 0 Å². The normalized spacial score (nSPS) is 10.2. The SMILES string of the molecule is CCOCOc1cccc(Cl)c1CCl. The van der Waals surface area contributed by atoms with Gasteiger partial charge in [0.15, 0.2) is 6.79 Å². The zero-order valence-electron chi connectivity index (χ0n) is 7.93. The number of halogens is 2. The Morgan fingerprint density at radius 2 is 2.14 bits per heavy atom. The van der Waals surface area contributed by atoms with Crippen LogP contribution in [0.15, 0.2) is 18.2 Å². The van der Waals surface area contributed by atoms with Gasteiger partial charge in [0.2, 0.25) is 0 Å². The average molecular weight is 235 g/mol. The summed E-state index contributed by atoms with van der Waals surface area (Å²) in [6.45, 7) is 2.75. The van der Waals surface area contributed by atoms with Gasteiger partial charge in [-0.25, -0.2) is 0 Å². The molecule has 0 aliphatic rings. The fourth-order valence-corrected chi connectivity index (χ4v) is 1.57. The first-order chi connectivity index (χ1) is 6.79. The van der Waals surface area contributed by atoms with Gasteiger partial charge in [0.05, 0.1) is 5.88 Å². The zero-order chi connectivity index (χ0) is 10.4. The molecular weight excluding hydrogens is 223 g/mol. The van der Waals surface area contributed by atoms with E-state index in [0.717, 1.165) is 5.56 Å². The second-order valence-corrected chi connectivity index (χ2v) is 3.28. The molecule has 0 saturated carbocycles. The largest absolute Gasteiger partial charge is 0.467 e. The van der Waals surface area contributed by atoms with Gasteiger partial charge in [0.1, 0.15) is 5.75 Å². The second kappa shape index (κ2) is 6.12. The lowest BCUT2D eigenvalue weighted by atomic mass is 10.2. The van der Waals surface area contributed by atoms with Crippen LogP contribution in [0.25, 0.3) is 0 Å². The molecule has 0 N–H and O–H groups in total. The molecule has 1 rings (SSSR count). The van der Waals surface area contributed by atoms with Crippen molar-refractivity contribution in [2.45, 2.75) is 12.8 Å². The third-order valence-electron chi connectivity index (χ3n) is 1.71. The summed E-state index contributed by atoms with van der Waals surface area (Å²) < 4.78 is 10.4. The van der Waals surface area contributed by atoms with Crippen LogP contribution in [0.3, 0.4) is 0 Å². The maximum atomic E-state index is 5.94. The van der Waals surface area contributed by atoms with Gasteiger partial charge < -0.3 is 9.47 Å². The standard InChI is InChI=1S/C10H12Cl2O2/c1-2-13-7-14-10-5-3-4-9(12)8(10)6-11/h3-5H,2,6-7H2,1H3. The van der Waals surface area contributed by atoms with E-state index in [2.05, 4.69) is 0 Å². The quantitative estimate of drug-likeness (QED) is 0.442. The summed E-state index contributed by atoms with van der Waals surface area (Å²) in [5.74, 6) is 1.02. The Balaban J connectivity index is 2.70. The van der Waals surface area contributed by atoms with Crippen LogP contribution in [-0.4, -0.2) is 13.4 Å². The summed E-state index contributed by atoms with van der Waals surface area (Å²) in [5.41, 5.74) is 0.801. The van der Waals surface area contributed by atoms with Gasteiger partial charge in [-0.15, -0.1) is 11.6 Å². The minimum Gasteiger partial charge on any atom is -0.467 e. The van der Waals surface area contributed by atoms with Crippen LogP contribution in [-0.2, 0) is 10.6 Å². The number of alkyl halides is 1. The molecule has 4 heteroatoms. The molecule has 0 bridgehead atoms. The molecule has 0 saturated heterocycles. The van der Waals surface area contributed by atoms with E-state index in [4.69, 9.17) is 32.7 Å². The van der Waals surface area contributed by atoms with Crippen LogP contribution in [0.2, 0.25) is 5.02 Å². The second-order valence-electron chi connectivity index (χ2n) is 2.61. The Labute approximate surface area is 93.7 Å². The lowest BCUT2D eigenvalue weighted by Crippen LogP contribution is -2.03. The number of hydrogen-bond donors (Lipinski definition) is 0. The summed E-state index contributed by atoms with van der Waals surface area (Å²) in [6, 6.07) is 5.43. The van der Waals surface area contributed by atoms with E-state index in [0.29, 0.717) is 23.3 Å². The summed E-state index contributed by atoms with van der Waals surface area (Å²) in [5, 5.41) is 0.619. The molecule has 0 aromatic heterocycles. The first kappa shape index (κ1) is 11.6. The van der Waals surface area contributed by atoms with Gasteiger partial charge in [-0.3, -0.25) is 0 Å². The molecule has 0 spiro atoms. The summed E-state index contributed by atoms with van der Waals surface area (Å²) in [6.07, 6.45) is 0. The molecule has 0 aliphatic heterocycles. The van der Waals surface area contributed by atoms with Gasteiger partial charge >= 0.3 is 0 Å². The van der Waals surface area contributed by atoms with E-state index in [1.54, 1.807) is 6.07 Å². The van der Waals surface area contributed by atoms with E-state index in [1.165, 1.54) is 0 Å². The first-order valence-corrected chi connectivity index (χ1v) is 5.24. The maximum Gasteiger partial charge on any atom is 0.189 e. The Morgan fingerprint density at radius 1 is 1.36 bits per heavy atom. The minimum atomic E-state index is 0.223. The molecule has 0 amide bonds. The summed E-state index contributed by atoms with van der Waals surface area (Å²) in [7, 11) is 0. The number of rotatable bonds is 5. The molecular formula is C10H12Cl2O2. The predicted octanol–water partition coefficient (Wildman–Crippen LogP) is 3.45. The van der Waals surface area contributed by atoms with E-state index in [-0.39, 0.29) is 6.79 Å². The number of ether oxygens (including phenoxy) is 2. The molecule has 78 valence electrons. The lowest BCUT2D eigenvalue weighted by molar-refractivity contribution is 0.0220. The van der Waals surface area contributed by atoms with E-state index in [1.807, 2.05) is 19.1 Å². The molecule has 0 unspecified atom stereocenters. The third-order valence-corrected chi connectivity index (χ3v) is 2.33. The molecule has 1 aromatic carbocycles. The molecule has 0 radical (unpaired) electrons. The highest BCUT2D eigenvalue weighted by Crippen LogP contribution is 2.27. The van der Waals surface area contributed by atoms with Gasteiger partial charge in [0.25, 0.3) is 0 Å². The Bertz CT molecular complexity index is 289. The molecule has 0 atom stereocenters. The van der Waals surface area contributed by atoms with Crippen molar-refractivity contribution in [1.82, 2.24) is 0 Å². The highest BCUT2D eigenvalue weighted by Gasteiger charge is 2.06. The molecule has 1 aromatic rings. The van der Waals surface area contributed by atoms with E-state index in [9.17, 15) is 0 Å². The van der Waals surface area contributed by atoms with Crippen molar-refractivity contribution in [3.63, 3.8) is 0 Å². The first-order valence-electron chi connectivity index (χ1n) is 4.33. The predicted molar refractivity (Wildman–Crippen MR) is 58.1 cm³/mol. The van der Waals surface area contributed by atoms with Crippen molar-refractivity contribution >= 4 is 23.2 Å². The van der Waals surface area contributed by atoms with Crippen LogP contribution < -0.4 is 4.74 Å². The van der Waals surface area contributed by atoms with Crippen molar-refractivity contribution in [2.24, 2.45) is 0 Å². The highest BCUT2D eigenvalue weighted by molar-refractivity contribution is 6.32. The van der Waals surface area contributed by atoms with Crippen LogP contribution >= 0.6 is 23.2 Å². The van der Waals surface area contributed by atoms with Gasteiger partial charge in [-0.05, 0) is 19.1 Å². The molecule has 0 heterocycles. The topological polar surface area (TPSA) is 18.5 Å². The van der Waals surface area contributed by atoms with Crippen molar-refractivity contribution in [3.05, 3.63) is 28.8 Å². The molecule has 2 nitrogen and oxygen atoms in total. The Morgan fingerprint density at radius 3 is 2.79 bits per heavy atom. The monoisotopic (exact) mass is 234 g/mol. The third kappa shape index (κ3) is 3.05. The van der Waals surface area contributed by atoms with Crippen LogP contribution in [0.1, 0.15) is 12.5 Å². The van der Waals surface area contributed by atoms with Crippen LogP contribution in [0.5, 0.6) is 5.75 Å². The maximum absolute atomic E-state index is 5.94. The smallest absolute Gasteiger partial charge is 0.189 e. The number of benzene rings is 1. The fraction of sp³-hybridized carbons (Fsp3) is 0.400. The highest BCUT2D eigenvalue weighted by atomic mass is 35.5. The Kier molecular flexibility index (Phi) is 5.09. The Hall–Kier alpha value is -0.440. The van der Waals surface area contributed by atoms with Crippen molar-refractivity contribution < 1.29 is 9.47 Å². The van der Waals surface area contributed by atoms with E-state index >= 15 is 0 Å². The van der Waals surface area contributed by atoms with Crippen LogP contribution in [0.4, 0.5) is 0 Å². The zero-order valence-corrected chi connectivity index (χ0v) is 9.44. The van der Waals surface area contributed by atoms with Crippen molar-refractivity contribution in [1.29, 1.82) is 0 Å². The van der Waals surface area contributed by atoms with Gasteiger partial charge in [-0.1, -0.05) is 17.7 Å². The molecule has 0 aliphatic carbocycles. The lowest BCUT2D eigenvalue weighted by Gasteiger charge is -2.10. The number of hydrogen-bond acceptors (Lipinski definition) is 2. The van der Waals surface area contributed by atoms with Gasteiger partial charge in [0, 0.05) is 17.2 Å². The summed E-state index contributed by atoms with van der Waals surface area (Å²) in [4.78, 5) is 0. The van der Waals surface area contributed by atoms with Crippen molar-refractivity contribution in [2.75, 3.05) is 13.4 Å². The molecule has 14 heavy (non-hydrogen) atoms. The minimum absolute atomic E-state index is 0.223. The van der Waals surface area contributed by atoms with Gasteiger partial charge in [-0.2, -0.15) is 0 Å². The average Bonchev–Trinajstić information content (AvgIpc) is 2.18. The van der Waals surface area contributed by atoms with E-state index < -0.39 is 0 Å². The summed E-state index contributed by atoms with van der Waals surface area (Å²) >= 11 is 11.7. The molecule has 0 fully saturated rings. The fourth-order valence-electron chi connectivity index (χ4n) is 0.992. The van der Waals surface area contributed by atoms with Crippen molar-refractivity contribution in [3.8, 4) is 5.75 Å².